The van der Waals surface area contributed by atoms with Gasteiger partial charge in [-0.1, -0.05) is 15.9 Å². The summed E-state index contributed by atoms with van der Waals surface area (Å²) in [6.07, 6.45) is 1.47. The largest absolute Gasteiger partial charge is 0.329 e. The van der Waals surface area contributed by atoms with E-state index in [1.807, 2.05) is 44.2 Å². The Bertz CT molecular complexity index is 1170. The van der Waals surface area contributed by atoms with E-state index >= 15 is 0 Å². The molecule has 0 saturated carbocycles. The lowest BCUT2D eigenvalue weighted by Crippen LogP contribution is -2.32. The number of non-ortho nitro benzene ring substituents is 1. The molecule has 3 rings (SSSR count). The molecule has 3 aromatic rings. The first-order chi connectivity index (χ1) is 14.8. The number of hydrogen-bond acceptors (Lipinski definition) is 5. The van der Waals surface area contributed by atoms with Crippen molar-refractivity contribution in [3.05, 3.63) is 86.1 Å². The number of nitrogens with one attached hydrogen (secondary N) is 2. The molecule has 2 amide bonds. The van der Waals surface area contributed by atoms with E-state index in [4.69, 9.17) is 0 Å². The maximum Gasteiger partial charge on any atom is 0.329 e. The van der Waals surface area contributed by atoms with Gasteiger partial charge < -0.3 is 9.88 Å². The van der Waals surface area contributed by atoms with Crippen LogP contribution in [0.1, 0.15) is 17.0 Å². The summed E-state index contributed by atoms with van der Waals surface area (Å²) in [5.41, 5.74) is 6.01. The molecule has 1 aromatic heterocycles. The normalized spacial score (nSPS) is 10.8. The third-order valence-corrected chi connectivity index (χ3v) is 5.00. The zero-order valence-electron chi connectivity index (χ0n) is 16.6. The van der Waals surface area contributed by atoms with Crippen LogP contribution in [0.25, 0.3) is 5.69 Å². The highest BCUT2D eigenvalue weighted by molar-refractivity contribution is 9.10. The number of benzene rings is 2. The Morgan fingerprint density at radius 3 is 2.32 bits per heavy atom. The van der Waals surface area contributed by atoms with E-state index < -0.39 is 16.7 Å². The minimum Gasteiger partial charge on any atom is -0.318 e. The Morgan fingerprint density at radius 1 is 1.06 bits per heavy atom. The summed E-state index contributed by atoms with van der Waals surface area (Å²) in [6, 6.07) is 14.9. The number of halogens is 1. The smallest absolute Gasteiger partial charge is 0.318 e. The highest BCUT2D eigenvalue weighted by atomic mass is 79.9. The Kier molecular flexibility index (Phi) is 6.61. The molecule has 0 saturated heterocycles. The molecule has 2 aromatic carbocycles. The van der Waals surface area contributed by atoms with Crippen LogP contribution in [0.4, 0.5) is 11.4 Å². The zero-order valence-corrected chi connectivity index (χ0v) is 18.2. The van der Waals surface area contributed by atoms with Crippen molar-refractivity contribution in [2.24, 2.45) is 5.10 Å². The second kappa shape index (κ2) is 9.35. The number of nitrogens with zero attached hydrogens (tertiary/aromatic N) is 3. The topological polar surface area (TPSA) is 119 Å². The average molecular weight is 484 g/mol. The van der Waals surface area contributed by atoms with E-state index in [0.29, 0.717) is 0 Å². The van der Waals surface area contributed by atoms with Crippen LogP contribution in [0.3, 0.4) is 0 Å². The summed E-state index contributed by atoms with van der Waals surface area (Å²) >= 11 is 3.42. The first-order valence-corrected chi connectivity index (χ1v) is 9.89. The molecule has 0 fully saturated rings. The predicted octanol–water partition coefficient (Wildman–Crippen LogP) is 3.85. The Labute approximate surface area is 186 Å². The Morgan fingerprint density at radius 2 is 1.71 bits per heavy atom. The van der Waals surface area contributed by atoms with Crippen LogP contribution in [0.2, 0.25) is 0 Å². The average Bonchev–Trinajstić information content (AvgIpc) is 3.02. The Hall–Kier alpha value is -3.79. The molecular weight excluding hydrogens is 466 g/mol. The molecule has 1 heterocycles. The maximum atomic E-state index is 12.0. The third kappa shape index (κ3) is 5.23. The number of amides is 2. The molecule has 0 spiro atoms. The molecule has 0 unspecified atom stereocenters. The molecule has 0 aliphatic rings. The van der Waals surface area contributed by atoms with Gasteiger partial charge in [-0.3, -0.25) is 19.7 Å². The molecule has 0 atom stereocenters. The molecule has 0 radical (unpaired) electrons. The second-order valence-electron chi connectivity index (χ2n) is 6.60. The minimum atomic E-state index is -0.962. The minimum absolute atomic E-state index is 0.118. The lowest BCUT2D eigenvalue weighted by molar-refractivity contribution is -0.384. The molecule has 2 N–H and O–H groups in total. The van der Waals surface area contributed by atoms with E-state index in [-0.39, 0.29) is 11.4 Å². The van der Waals surface area contributed by atoms with Gasteiger partial charge in [0.15, 0.2) is 0 Å². The van der Waals surface area contributed by atoms with Gasteiger partial charge in [-0.2, -0.15) is 5.10 Å². The zero-order chi connectivity index (χ0) is 22.5. The number of aryl methyl sites for hydroxylation is 1. The summed E-state index contributed by atoms with van der Waals surface area (Å²) in [5.74, 6) is -1.90. The number of hydrazone groups is 1. The third-order valence-electron chi connectivity index (χ3n) is 4.47. The summed E-state index contributed by atoms with van der Waals surface area (Å²) in [7, 11) is 0. The summed E-state index contributed by atoms with van der Waals surface area (Å²) in [5, 5.41) is 16.9. The van der Waals surface area contributed by atoms with E-state index in [9.17, 15) is 19.7 Å². The quantitative estimate of drug-likeness (QED) is 0.248. The van der Waals surface area contributed by atoms with Gasteiger partial charge in [0.25, 0.3) is 5.69 Å². The van der Waals surface area contributed by atoms with Crippen LogP contribution in [0.5, 0.6) is 0 Å². The van der Waals surface area contributed by atoms with Crippen LogP contribution < -0.4 is 10.7 Å². The Balaban J connectivity index is 1.64. The summed E-state index contributed by atoms with van der Waals surface area (Å²) in [4.78, 5) is 34.0. The number of aromatic nitrogens is 1. The number of rotatable bonds is 5. The van der Waals surface area contributed by atoms with E-state index in [1.165, 1.54) is 30.5 Å². The predicted molar refractivity (Wildman–Crippen MR) is 120 cm³/mol. The van der Waals surface area contributed by atoms with Gasteiger partial charge in [0.1, 0.15) is 0 Å². The fraction of sp³-hybridized carbons (Fsp3) is 0.0952. The molecule has 10 heteroatoms. The highest BCUT2D eigenvalue weighted by Crippen LogP contribution is 2.21. The molecule has 0 aliphatic heterocycles. The lowest BCUT2D eigenvalue weighted by atomic mass is 10.2. The van der Waals surface area contributed by atoms with Crippen LogP contribution in [-0.4, -0.2) is 27.5 Å². The number of nitro groups is 1. The second-order valence-corrected chi connectivity index (χ2v) is 7.51. The van der Waals surface area contributed by atoms with Crippen molar-refractivity contribution in [2.45, 2.75) is 13.8 Å². The molecule has 0 bridgehead atoms. The van der Waals surface area contributed by atoms with Gasteiger partial charge >= 0.3 is 11.8 Å². The van der Waals surface area contributed by atoms with Gasteiger partial charge in [0.2, 0.25) is 0 Å². The summed E-state index contributed by atoms with van der Waals surface area (Å²) < 4.78 is 3.03. The van der Waals surface area contributed by atoms with Crippen molar-refractivity contribution in [1.29, 1.82) is 0 Å². The highest BCUT2D eigenvalue weighted by Gasteiger charge is 2.14. The standard InChI is InChI=1S/C21H18BrN5O4/c1-13-11-15(14(2)26(13)18-7-3-16(22)4-8-18)12-23-25-21(29)20(28)24-17-5-9-19(10-6-17)27(30)31/h3-12H,1-2H3,(H,24,28)(H,25,29)/b23-12-. The fourth-order valence-electron chi connectivity index (χ4n) is 2.97. The number of hydrogen-bond donors (Lipinski definition) is 2. The maximum absolute atomic E-state index is 12.0. The van der Waals surface area contributed by atoms with Crippen molar-refractivity contribution >= 4 is 45.3 Å². The van der Waals surface area contributed by atoms with Gasteiger partial charge in [0, 0.05) is 44.9 Å². The number of anilines is 1. The van der Waals surface area contributed by atoms with Crippen molar-refractivity contribution in [1.82, 2.24) is 9.99 Å². The number of carbonyl (C=O) groups is 2. The van der Waals surface area contributed by atoms with Crippen LogP contribution in [-0.2, 0) is 9.59 Å². The fourth-order valence-corrected chi connectivity index (χ4v) is 3.24. The van der Waals surface area contributed by atoms with E-state index in [0.717, 1.165) is 27.1 Å². The molecule has 0 aliphatic carbocycles. The van der Waals surface area contributed by atoms with Crippen molar-refractivity contribution in [3.63, 3.8) is 0 Å². The van der Waals surface area contributed by atoms with Crippen LogP contribution in [0, 0.1) is 24.0 Å². The van der Waals surface area contributed by atoms with Crippen LogP contribution in [0.15, 0.2) is 64.2 Å². The van der Waals surface area contributed by atoms with E-state index in [2.05, 4.69) is 36.3 Å². The lowest BCUT2D eigenvalue weighted by Gasteiger charge is -2.09. The molecule has 31 heavy (non-hydrogen) atoms. The van der Waals surface area contributed by atoms with Crippen molar-refractivity contribution in [2.75, 3.05) is 5.32 Å². The van der Waals surface area contributed by atoms with Crippen molar-refractivity contribution in [3.8, 4) is 5.69 Å². The monoisotopic (exact) mass is 483 g/mol. The van der Waals surface area contributed by atoms with Crippen LogP contribution >= 0.6 is 15.9 Å². The van der Waals surface area contributed by atoms with Gasteiger partial charge in [0.05, 0.1) is 11.1 Å². The van der Waals surface area contributed by atoms with Gasteiger partial charge in [-0.15, -0.1) is 0 Å². The molecular formula is C21H18BrN5O4. The molecule has 9 nitrogen and oxygen atoms in total. The molecule has 158 valence electrons. The first-order valence-electron chi connectivity index (χ1n) is 9.10. The van der Waals surface area contributed by atoms with Gasteiger partial charge in [-0.25, -0.2) is 5.43 Å². The van der Waals surface area contributed by atoms with Crippen molar-refractivity contribution < 1.29 is 14.5 Å². The van der Waals surface area contributed by atoms with Gasteiger partial charge in [-0.05, 0) is 56.3 Å². The summed E-state index contributed by atoms with van der Waals surface area (Å²) in [6.45, 7) is 3.89. The number of nitro benzene ring substituents is 1. The van der Waals surface area contributed by atoms with E-state index in [1.54, 1.807) is 0 Å². The number of carbonyl (C=O) groups excluding carboxylic acids is 2. The SMILES string of the molecule is Cc1cc(/C=N\NC(=O)C(=O)Nc2ccc([N+](=O)[O-])cc2)c(C)n1-c1ccc(Br)cc1. The first kappa shape index (κ1) is 21.9.